The van der Waals surface area contributed by atoms with Crippen LogP contribution in [0.3, 0.4) is 0 Å². The second kappa shape index (κ2) is 12.4. The number of benzene rings is 7. The summed E-state index contributed by atoms with van der Waals surface area (Å²) in [5.41, 5.74) is 10.3. The van der Waals surface area contributed by atoms with E-state index in [-0.39, 0.29) is 0 Å². The van der Waals surface area contributed by atoms with Gasteiger partial charge in [0.25, 0.3) is 0 Å². The van der Waals surface area contributed by atoms with E-state index in [1.165, 1.54) is 62.6 Å². The molecule has 0 aliphatic rings. The number of nitrogens with zero attached hydrogens (tertiary/aromatic N) is 2. The normalized spacial score (nSPS) is 11.5. The van der Waals surface area contributed by atoms with Crippen LogP contribution in [-0.4, -0.2) is 4.98 Å². The Morgan fingerprint density at radius 2 is 0.843 bits per heavy atom. The van der Waals surface area contributed by atoms with Crippen LogP contribution in [0, 0.1) is 0 Å². The fourth-order valence-corrected chi connectivity index (χ4v) is 9.40. The summed E-state index contributed by atoms with van der Waals surface area (Å²) in [4.78, 5) is 6.84. The average Bonchev–Trinajstić information content (AvgIpc) is 3.76. The zero-order valence-electron chi connectivity index (χ0n) is 27.5. The fourth-order valence-electron chi connectivity index (χ4n) is 7.18. The molecule has 0 aliphatic heterocycles. The molecule has 3 heterocycles. The molecule has 3 aromatic heterocycles. The lowest BCUT2D eigenvalue weighted by molar-refractivity contribution is 1.28. The number of rotatable bonds is 6. The van der Waals surface area contributed by atoms with E-state index in [2.05, 4.69) is 168 Å². The zero-order valence-corrected chi connectivity index (χ0v) is 29.2. The quantitative estimate of drug-likeness (QED) is 0.173. The van der Waals surface area contributed by atoms with Gasteiger partial charge in [-0.1, -0.05) is 91.0 Å². The van der Waals surface area contributed by atoms with E-state index in [1.807, 2.05) is 47.1 Å². The highest BCUT2D eigenvalue weighted by molar-refractivity contribution is 7.26. The zero-order chi connectivity index (χ0) is 33.7. The molecule has 10 aromatic rings. The summed E-state index contributed by atoms with van der Waals surface area (Å²) in [5, 5.41) is 5.29. The van der Waals surface area contributed by atoms with E-state index in [0.29, 0.717) is 0 Å². The maximum absolute atomic E-state index is 4.53. The van der Waals surface area contributed by atoms with Gasteiger partial charge < -0.3 is 4.90 Å². The van der Waals surface area contributed by atoms with Crippen LogP contribution in [0.2, 0.25) is 0 Å². The summed E-state index contributed by atoms with van der Waals surface area (Å²) in [7, 11) is 0. The summed E-state index contributed by atoms with van der Waals surface area (Å²) in [6.07, 6.45) is 1.84. The molecule has 0 aliphatic carbocycles. The van der Waals surface area contributed by atoms with Crippen LogP contribution in [0.5, 0.6) is 0 Å². The minimum atomic E-state index is 0.972. The lowest BCUT2D eigenvalue weighted by atomic mass is 9.99. The molecule has 0 bridgehead atoms. The predicted octanol–water partition coefficient (Wildman–Crippen LogP) is 14.3. The fraction of sp³-hybridized carbons (Fsp3) is 0. The van der Waals surface area contributed by atoms with Crippen molar-refractivity contribution in [3.05, 3.63) is 182 Å². The first-order chi connectivity index (χ1) is 25.2. The number of pyridine rings is 1. The smallest absolute Gasteiger partial charge is 0.0701 e. The van der Waals surface area contributed by atoms with Crippen LogP contribution in [0.15, 0.2) is 182 Å². The number of anilines is 3. The number of aromatic nitrogens is 1. The van der Waals surface area contributed by atoms with Crippen molar-refractivity contribution in [2.24, 2.45) is 0 Å². The molecule has 0 atom stereocenters. The van der Waals surface area contributed by atoms with Gasteiger partial charge in [0.15, 0.2) is 0 Å². The van der Waals surface area contributed by atoms with Crippen molar-refractivity contribution in [1.29, 1.82) is 0 Å². The van der Waals surface area contributed by atoms with E-state index >= 15 is 0 Å². The van der Waals surface area contributed by atoms with Crippen LogP contribution in [-0.2, 0) is 0 Å². The van der Waals surface area contributed by atoms with Crippen molar-refractivity contribution >= 4 is 80.1 Å². The molecule has 7 aromatic carbocycles. The number of thiophene rings is 2. The largest absolute Gasteiger partial charge is 0.311 e. The third kappa shape index (κ3) is 5.37. The first kappa shape index (κ1) is 29.8. The van der Waals surface area contributed by atoms with E-state index in [0.717, 1.165) is 28.3 Å². The van der Waals surface area contributed by atoms with Crippen LogP contribution in [0.4, 0.5) is 17.1 Å². The molecular weight excluding hydrogens is 657 g/mol. The molecule has 0 fully saturated rings. The average molecular weight is 687 g/mol. The Bertz CT molecular complexity index is 2840. The van der Waals surface area contributed by atoms with Crippen LogP contribution >= 0.6 is 22.7 Å². The van der Waals surface area contributed by atoms with Gasteiger partial charge in [0.05, 0.1) is 5.69 Å². The maximum Gasteiger partial charge on any atom is 0.0701 e. The van der Waals surface area contributed by atoms with Gasteiger partial charge in [-0.15, -0.1) is 22.7 Å². The molecule has 0 saturated carbocycles. The predicted molar refractivity (Wildman–Crippen MR) is 221 cm³/mol. The minimum Gasteiger partial charge on any atom is -0.311 e. The third-order valence-corrected chi connectivity index (χ3v) is 12.0. The second-order valence-electron chi connectivity index (χ2n) is 12.8. The molecule has 0 radical (unpaired) electrons. The lowest BCUT2D eigenvalue weighted by Crippen LogP contribution is -2.09. The number of hydrogen-bond donors (Lipinski definition) is 0. The number of hydrogen-bond acceptors (Lipinski definition) is 4. The molecular formula is C47H30N2S2. The van der Waals surface area contributed by atoms with Crippen molar-refractivity contribution in [2.75, 3.05) is 4.90 Å². The first-order valence-corrected chi connectivity index (χ1v) is 18.7. The topological polar surface area (TPSA) is 16.1 Å². The van der Waals surface area contributed by atoms with Gasteiger partial charge in [-0.3, -0.25) is 4.98 Å². The molecule has 0 saturated heterocycles. The molecule has 0 unspecified atom stereocenters. The highest BCUT2D eigenvalue weighted by Crippen LogP contribution is 2.41. The molecule has 4 heteroatoms. The van der Waals surface area contributed by atoms with E-state index in [4.69, 9.17) is 0 Å². The summed E-state index contributed by atoms with van der Waals surface area (Å²) in [6.45, 7) is 0. The molecule has 0 spiro atoms. The molecule has 10 rings (SSSR count). The SMILES string of the molecule is c1ccc(N(c2ccc(-c3ccc4sc5ccc(-c6ccc7c(c6)sc6ccccc67)cc5c4c3)cc2)c2ccc(-c3ccccn3)cc2)cc1. The Morgan fingerprint density at radius 1 is 0.333 bits per heavy atom. The van der Waals surface area contributed by atoms with Gasteiger partial charge in [0.2, 0.25) is 0 Å². The highest BCUT2D eigenvalue weighted by Gasteiger charge is 2.15. The molecule has 0 N–H and O–H groups in total. The van der Waals surface area contributed by atoms with E-state index in [9.17, 15) is 0 Å². The van der Waals surface area contributed by atoms with Crippen LogP contribution < -0.4 is 4.90 Å². The third-order valence-electron chi connectivity index (χ3n) is 9.74. The summed E-state index contributed by atoms with van der Waals surface area (Å²) in [6, 6.07) is 63.7. The molecule has 51 heavy (non-hydrogen) atoms. The van der Waals surface area contributed by atoms with Gasteiger partial charge >= 0.3 is 0 Å². The first-order valence-electron chi connectivity index (χ1n) is 17.1. The van der Waals surface area contributed by atoms with E-state index < -0.39 is 0 Å². The highest BCUT2D eigenvalue weighted by atomic mass is 32.1. The Hall–Kier alpha value is -6.07. The maximum atomic E-state index is 4.53. The molecule has 0 amide bonds. The minimum absolute atomic E-state index is 0.972. The number of fused-ring (bicyclic) bond motifs is 6. The Balaban J connectivity index is 0.995. The summed E-state index contributed by atoms with van der Waals surface area (Å²) < 4.78 is 5.30. The van der Waals surface area contributed by atoms with Gasteiger partial charge in [0, 0.05) is 69.2 Å². The Kier molecular flexibility index (Phi) is 7.23. The van der Waals surface area contributed by atoms with Gasteiger partial charge in [-0.05, 0) is 107 Å². The Morgan fingerprint density at radius 3 is 1.55 bits per heavy atom. The van der Waals surface area contributed by atoms with Gasteiger partial charge in [0.1, 0.15) is 0 Å². The molecule has 240 valence electrons. The van der Waals surface area contributed by atoms with Gasteiger partial charge in [-0.25, -0.2) is 0 Å². The summed E-state index contributed by atoms with van der Waals surface area (Å²) in [5.74, 6) is 0. The van der Waals surface area contributed by atoms with Crippen molar-refractivity contribution < 1.29 is 0 Å². The van der Waals surface area contributed by atoms with Crippen LogP contribution in [0.25, 0.3) is 73.9 Å². The summed E-state index contributed by atoms with van der Waals surface area (Å²) >= 11 is 3.74. The lowest BCUT2D eigenvalue weighted by Gasteiger charge is -2.26. The van der Waals surface area contributed by atoms with Crippen molar-refractivity contribution in [1.82, 2.24) is 4.98 Å². The van der Waals surface area contributed by atoms with E-state index in [1.54, 1.807) is 0 Å². The van der Waals surface area contributed by atoms with Crippen molar-refractivity contribution in [3.63, 3.8) is 0 Å². The van der Waals surface area contributed by atoms with Crippen molar-refractivity contribution in [2.45, 2.75) is 0 Å². The standard InChI is InChI=1S/C47H30N2S2/c1-2-8-36(9-3-1)49(38-22-15-32(16-23-38)43-11-6-7-27-48-43)37-20-13-31(14-21-37)33-18-25-45-41(28-33)42-29-34(19-26-46(42)50-45)35-17-24-40-39-10-4-5-12-44(39)51-47(40)30-35/h1-30H. The van der Waals surface area contributed by atoms with Gasteiger partial charge in [-0.2, -0.15) is 0 Å². The Labute approximate surface area is 304 Å². The molecule has 2 nitrogen and oxygen atoms in total. The van der Waals surface area contributed by atoms with Crippen molar-refractivity contribution in [3.8, 4) is 33.5 Å². The number of para-hydroxylation sites is 1. The van der Waals surface area contributed by atoms with Crippen LogP contribution in [0.1, 0.15) is 0 Å². The monoisotopic (exact) mass is 686 g/mol. The second-order valence-corrected chi connectivity index (χ2v) is 15.0.